The van der Waals surface area contributed by atoms with E-state index in [4.69, 9.17) is 4.74 Å². The van der Waals surface area contributed by atoms with Crippen LogP contribution in [0.5, 0.6) is 0 Å². The summed E-state index contributed by atoms with van der Waals surface area (Å²) in [6.45, 7) is 4.46. The Kier molecular flexibility index (Phi) is 6.02. The molecule has 0 saturated heterocycles. The molecule has 0 heterocycles. The summed E-state index contributed by atoms with van der Waals surface area (Å²) in [5, 5.41) is 5.07. The number of carbonyl (C=O) groups excluding carboxylic acids is 2. The molecular weight excluding hydrogens is 244 g/mol. The molecule has 1 aromatic rings. The van der Waals surface area contributed by atoms with Crippen LogP contribution in [0.15, 0.2) is 24.3 Å². The van der Waals surface area contributed by atoms with Gasteiger partial charge in [0.05, 0.1) is 6.10 Å². The van der Waals surface area contributed by atoms with E-state index in [1.807, 2.05) is 38.1 Å². The van der Waals surface area contributed by atoms with Gasteiger partial charge in [-0.3, -0.25) is 9.59 Å². The first-order valence-electron chi connectivity index (χ1n) is 6.17. The molecule has 0 saturated carbocycles. The Balaban J connectivity index is 2.34. The SMILES string of the molecule is COC(C)CNC(=O)C(=O)NCc1ccc(C)cc1. The van der Waals surface area contributed by atoms with Crippen molar-refractivity contribution in [3.8, 4) is 0 Å². The van der Waals surface area contributed by atoms with Gasteiger partial charge >= 0.3 is 11.8 Å². The Morgan fingerprint density at radius 1 is 1.16 bits per heavy atom. The molecule has 2 amide bonds. The third kappa shape index (κ3) is 5.52. The van der Waals surface area contributed by atoms with Crippen LogP contribution in [0.1, 0.15) is 18.1 Å². The highest BCUT2D eigenvalue weighted by atomic mass is 16.5. The largest absolute Gasteiger partial charge is 0.380 e. The van der Waals surface area contributed by atoms with Crippen LogP contribution in [0, 0.1) is 6.92 Å². The Labute approximate surface area is 113 Å². The van der Waals surface area contributed by atoms with Crippen LogP contribution in [0.4, 0.5) is 0 Å². The lowest BCUT2D eigenvalue weighted by molar-refractivity contribution is -0.139. The van der Waals surface area contributed by atoms with Gasteiger partial charge in [0.2, 0.25) is 0 Å². The van der Waals surface area contributed by atoms with Crippen LogP contribution in [-0.2, 0) is 20.9 Å². The van der Waals surface area contributed by atoms with Gasteiger partial charge in [-0.05, 0) is 19.4 Å². The number of carbonyl (C=O) groups is 2. The standard InChI is InChI=1S/C14H20N2O3/c1-10-4-6-12(7-5-10)9-16-14(18)13(17)15-8-11(2)19-3/h4-7,11H,8-9H2,1-3H3,(H,15,17)(H,16,18). The molecule has 0 aliphatic rings. The second-order valence-corrected chi connectivity index (χ2v) is 4.42. The van der Waals surface area contributed by atoms with Gasteiger partial charge in [-0.2, -0.15) is 0 Å². The Morgan fingerprint density at radius 2 is 1.74 bits per heavy atom. The number of hydrogen-bond acceptors (Lipinski definition) is 3. The van der Waals surface area contributed by atoms with Crippen LogP contribution < -0.4 is 10.6 Å². The first-order chi connectivity index (χ1) is 9.02. The van der Waals surface area contributed by atoms with Crippen LogP contribution in [0.25, 0.3) is 0 Å². The van der Waals surface area contributed by atoms with Crippen LogP contribution in [0.2, 0.25) is 0 Å². The maximum atomic E-state index is 11.5. The minimum atomic E-state index is -0.643. The Hall–Kier alpha value is -1.88. The second-order valence-electron chi connectivity index (χ2n) is 4.42. The molecule has 104 valence electrons. The molecule has 0 spiro atoms. The van der Waals surface area contributed by atoms with E-state index in [0.29, 0.717) is 13.1 Å². The van der Waals surface area contributed by atoms with Gasteiger partial charge in [0, 0.05) is 20.2 Å². The maximum absolute atomic E-state index is 11.5. The normalized spacial score (nSPS) is 11.7. The molecule has 1 unspecified atom stereocenters. The quantitative estimate of drug-likeness (QED) is 0.772. The van der Waals surface area contributed by atoms with Crippen molar-refractivity contribution >= 4 is 11.8 Å². The third-order valence-corrected chi connectivity index (χ3v) is 2.73. The van der Waals surface area contributed by atoms with Crippen molar-refractivity contribution in [3.05, 3.63) is 35.4 Å². The van der Waals surface area contributed by atoms with Crippen molar-refractivity contribution in [2.75, 3.05) is 13.7 Å². The number of hydrogen-bond donors (Lipinski definition) is 2. The number of amides is 2. The van der Waals surface area contributed by atoms with Crippen molar-refractivity contribution in [1.29, 1.82) is 0 Å². The molecule has 0 aliphatic heterocycles. The van der Waals surface area contributed by atoms with Crippen LogP contribution in [0.3, 0.4) is 0 Å². The molecule has 0 aliphatic carbocycles. The highest BCUT2D eigenvalue weighted by Gasteiger charge is 2.13. The molecule has 1 aromatic carbocycles. The van der Waals surface area contributed by atoms with Crippen molar-refractivity contribution in [2.45, 2.75) is 26.5 Å². The summed E-state index contributed by atoms with van der Waals surface area (Å²) in [5.74, 6) is -1.28. The summed E-state index contributed by atoms with van der Waals surface area (Å²) in [6.07, 6.45) is -0.117. The van der Waals surface area contributed by atoms with E-state index in [2.05, 4.69) is 10.6 Å². The van der Waals surface area contributed by atoms with Gasteiger partial charge in [0.1, 0.15) is 0 Å². The zero-order chi connectivity index (χ0) is 14.3. The zero-order valence-corrected chi connectivity index (χ0v) is 11.5. The summed E-state index contributed by atoms with van der Waals surface area (Å²) < 4.78 is 4.97. The molecule has 1 rings (SSSR count). The van der Waals surface area contributed by atoms with Gasteiger partial charge in [-0.25, -0.2) is 0 Å². The molecule has 19 heavy (non-hydrogen) atoms. The predicted molar refractivity (Wildman–Crippen MR) is 72.5 cm³/mol. The Morgan fingerprint density at radius 3 is 2.32 bits per heavy atom. The molecule has 0 bridgehead atoms. The summed E-state index contributed by atoms with van der Waals surface area (Å²) in [4.78, 5) is 23.0. The summed E-state index contributed by atoms with van der Waals surface area (Å²) in [6, 6.07) is 7.75. The minimum absolute atomic E-state index is 0.117. The van der Waals surface area contributed by atoms with Crippen LogP contribution in [-0.4, -0.2) is 31.6 Å². The fourth-order valence-corrected chi connectivity index (χ4v) is 1.37. The maximum Gasteiger partial charge on any atom is 0.309 e. The van der Waals surface area contributed by atoms with Gasteiger partial charge < -0.3 is 15.4 Å². The van der Waals surface area contributed by atoms with Gasteiger partial charge in [-0.15, -0.1) is 0 Å². The molecule has 0 fully saturated rings. The molecule has 5 nitrogen and oxygen atoms in total. The van der Waals surface area contributed by atoms with Crippen molar-refractivity contribution in [2.24, 2.45) is 0 Å². The number of methoxy groups -OCH3 is 1. The first-order valence-corrected chi connectivity index (χ1v) is 6.17. The lowest BCUT2D eigenvalue weighted by atomic mass is 10.1. The van der Waals surface area contributed by atoms with E-state index in [9.17, 15) is 9.59 Å². The summed E-state index contributed by atoms with van der Waals surface area (Å²) >= 11 is 0. The predicted octanol–water partition coefficient (Wildman–Crippen LogP) is 0.762. The van der Waals surface area contributed by atoms with E-state index in [-0.39, 0.29) is 6.10 Å². The second kappa shape index (κ2) is 7.53. The highest BCUT2D eigenvalue weighted by molar-refractivity contribution is 6.35. The fourth-order valence-electron chi connectivity index (χ4n) is 1.37. The lowest BCUT2D eigenvalue weighted by Crippen LogP contribution is -2.42. The Bertz CT molecular complexity index is 429. The van der Waals surface area contributed by atoms with E-state index < -0.39 is 11.8 Å². The van der Waals surface area contributed by atoms with Gasteiger partial charge in [0.25, 0.3) is 0 Å². The topological polar surface area (TPSA) is 67.4 Å². The lowest BCUT2D eigenvalue weighted by Gasteiger charge is -2.10. The van der Waals surface area contributed by atoms with Crippen molar-refractivity contribution in [1.82, 2.24) is 10.6 Å². The molecule has 1 atom stereocenters. The average Bonchev–Trinajstić information content (AvgIpc) is 2.43. The number of benzene rings is 1. The molecular formula is C14H20N2O3. The molecule has 2 N–H and O–H groups in total. The highest BCUT2D eigenvalue weighted by Crippen LogP contribution is 2.02. The van der Waals surface area contributed by atoms with E-state index in [1.54, 1.807) is 7.11 Å². The van der Waals surface area contributed by atoms with E-state index in [0.717, 1.165) is 11.1 Å². The average molecular weight is 264 g/mol. The molecule has 0 radical (unpaired) electrons. The minimum Gasteiger partial charge on any atom is -0.380 e. The summed E-state index contributed by atoms with van der Waals surface area (Å²) in [5.41, 5.74) is 2.11. The van der Waals surface area contributed by atoms with Crippen molar-refractivity contribution in [3.63, 3.8) is 0 Å². The first kappa shape index (κ1) is 15.2. The van der Waals surface area contributed by atoms with Gasteiger partial charge in [-0.1, -0.05) is 29.8 Å². The third-order valence-electron chi connectivity index (χ3n) is 2.73. The number of aryl methyl sites for hydroxylation is 1. The monoisotopic (exact) mass is 264 g/mol. The van der Waals surface area contributed by atoms with Crippen molar-refractivity contribution < 1.29 is 14.3 Å². The van der Waals surface area contributed by atoms with Gasteiger partial charge in [0.15, 0.2) is 0 Å². The van der Waals surface area contributed by atoms with Crippen LogP contribution >= 0.6 is 0 Å². The number of nitrogens with one attached hydrogen (secondary N) is 2. The van der Waals surface area contributed by atoms with E-state index >= 15 is 0 Å². The zero-order valence-electron chi connectivity index (χ0n) is 11.5. The van der Waals surface area contributed by atoms with E-state index in [1.165, 1.54) is 0 Å². The molecule has 5 heteroatoms. The number of rotatable bonds is 5. The molecule has 0 aromatic heterocycles. The smallest absolute Gasteiger partial charge is 0.309 e. The fraction of sp³-hybridized carbons (Fsp3) is 0.429. The number of ether oxygens (including phenoxy) is 1. The summed E-state index contributed by atoms with van der Waals surface area (Å²) in [7, 11) is 1.55.